The second-order valence-corrected chi connectivity index (χ2v) is 10.4. The van der Waals surface area contributed by atoms with E-state index in [1.807, 2.05) is 0 Å². The molecule has 0 radical (unpaired) electrons. The number of nitrogens with one attached hydrogen (secondary N) is 1. The van der Waals surface area contributed by atoms with E-state index in [-0.39, 0.29) is 32.1 Å². The molecule has 0 aliphatic carbocycles. The van der Waals surface area contributed by atoms with E-state index in [0.717, 1.165) is 16.4 Å². The number of carbonyl (C=O) groups is 2. The Kier molecular flexibility index (Phi) is 7.03. The minimum absolute atomic E-state index is 0.0409. The highest BCUT2D eigenvalue weighted by Crippen LogP contribution is 2.22. The number of hydrogen-bond donors (Lipinski definition) is 1. The summed E-state index contributed by atoms with van der Waals surface area (Å²) < 4.78 is 58.8. The molecule has 8 nitrogen and oxygen atoms in total. The first-order valence-corrected chi connectivity index (χ1v) is 11.7. The number of hydrogen-bond acceptors (Lipinski definition) is 5. The standard InChI is InChI=1S/C22H25F2N3O5S/c1-22(2,3)32-21(29)25-17-6-4-5-15(13-17)20(28)26-9-11-27(12-10-26)33(30,31)19-8-7-16(23)14-18(19)24/h4-8,13-14H,9-12H2,1-3H3,(H,25,29). The van der Waals surface area contributed by atoms with Crippen LogP contribution in [0.15, 0.2) is 47.4 Å². The molecule has 2 aromatic rings. The third kappa shape index (κ3) is 6.05. The van der Waals surface area contributed by atoms with Gasteiger partial charge in [0, 0.05) is 43.5 Å². The van der Waals surface area contributed by atoms with Crippen LogP contribution >= 0.6 is 0 Å². The largest absolute Gasteiger partial charge is 0.444 e. The summed E-state index contributed by atoms with van der Waals surface area (Å²) in [4.78, 5) is 25.7. The molecule has 1 aliphatic rings. The van der Waals surface area contributed by atoms with Gasteiger partial charge in [-0.2, -0.15) is 4.31 Å². The molecule has 0 saturated carbocycles. The summed E-state index contributed by atoms with van der Waals surface area (Å²) in [5.74, 6) is -2.37. The molecular formula is C22H25F2N3O5S. The van der Waals surface area contributed by atoms with Crippen LogP contribution in [0, 0.1) is 11.6 Å². The van der Waals surface area contributed by atoms with Gasteiger partial charge in [0.2, 0.25) is 10.0 Å². The molecule has 11 heteroatoms. The number of rotatable bonds is 4. The average Bonchev–Trinajstić information content (AvgIpc) is 2.72. The molecule has 0 unspecified atom stereocenters. The van der Waals surface area contributed by atoms with Crippen LogP contribution in [-0.2, 0) is 14.8 Å². The van der Waals surface area contributed by atoms with Crippen molar-refractivity contribution in [3.8, 4) is 0 Å². The Morgan fingerprint density at radius 1 is 1.00 bits per heavy atom. The Labute approximate surface area is 191 Å². The Bertz CT molecular complexity index is 1160. The monoisotopic (exact) mass is 481 g/mol. The van der Waals surface area contributed by atoms with Crippen LogP contribution in [0.1, 0.15) is 31.1 Å². The third-order valence-corrected chi connectivity index (χ3v) is 6.72. The van der Waals surface area contributed by atoms with E-state index in [1.165, 1.54) is 11.0 Å². The molecule has 178 valence electrons. The van der Waals surface area contributed by atoms with Gasteiger partial charge < -0.3 is 9.64 Å². The Morgan fingerprint density at radius 3 is 2.27 bits per heavy atom. The van der Waals surface area contributed by atoms with Crippen molar-refractivity contribution in [3.63, 3.8) is 0 Å². The first-order valence-electron chi connectivity index (χ1n) is 10.2. The smallest absolute Gasteiger partial charge is 0.412 e. The molecular weight excluding hydrogens is 456 g/mol. The fourth-order valence-corrected chi connectivity index (χ4v) is 4.76. The fraction of sp³-hybridized carbons (Fsp3) is 0.364. The summed E-state index contributed by atoms with van der Waals surface area (Å²) in [7, 11) is -4.17. The highest BCUT2D eigenvalue weighted by molar-refractivity contribution is 7.89. The van der Waals surface area contributed by atoms with E-state index < -0.39 is 38.2 Å². The highest BCUT2D eigenvalue weighted by Gasteiger charge is 2.32. The average molecular weight is 482 g/mol. The number of amides is 2. The van der Waals surface area contributed by atoms with E-state index >= 15 is 0 Å². The predicted molar refractivity (Wildman–Crippen MR) is 117 cm³/mol. The maximum absolute atomic E-state index is 14.0. The number of anilines is 1. The Morgan fingerprint density at radius 2 is 1.67 bits per heavy atom. The van der Waals surface area contributed by atoms with Crippen molar-refractivity contribution in [1.29, 1.82) is 0 Å². The SMILES string of the molecule is CC(C)(C)OC(=O)Nc1cccc(C(=O)N2CCN(S(=O)(=O)c3ccc(F)cc3F)CC2)c1. The van der Waals surface area contributed by atoms with E-state index in [2.05, 4.69) is 5.32 Å². The summed E-state index contributed by atoms with van der Waals surface area (Å²) in [6.45, 7) is 5.29. The number of piperazine rings is 1. The number of nitrogens with zero attached hydrogens (tertiary/aromatic N) is 2. The second kappa shape index (κ2) is 9.44. The van der Waals surface area contributed by atoms with Crippen LogP contribution in [0.3, 0.4) is 0 Å². The maximum Gasteiger partial charge on any atom is 0.412 e. The zero-order chi connectivity index (χ0) is 24.4. The van der Waals surface area contributed by atoms with Crippen molar-refractivity contribution in [2.24, 2.45) is 0 Å². The third-order valence-electron chi connectivity index (χ3n) is 4.79. The molecule has 0 atom stereocenters. The van der Waals surface area contributed by atoms with Crippen LogP contribution in [0.25, 0.3) is 0 Å². The number of halogens is 2. The highest BCUT2D eigenvalue weighted by atomic mass is 32.2. The van der Waals surface area contributed by atoms with Gasteiger partial charge in [-0.15, -0.1) is 0 Å². The van der Waals surface area contributed by atoms with Gasteiger partial charge in [-0.05, 0) is 51.1 Å². The Hall–Kier alpha value is -3.05. The summed E-state index contributed by atoms with van der Waals surface area (Å²) in [6.07, 6.45) is -0.654. The molecule has 1 fully saturated rings. The lowest BCUT2D eigenvalue weighted by Crippen LogP contribution is -2.50. The van der Waals surface area contributed by atoms with Crippen LogP contribution in [-0.4, -0.2) is 61.4 Å². The lowest BCUT2D eigenvalue weighted by molar-refractivity contribution is 0.0634. The minimum Gasteiger partial charge on any atom is -0.444 e. The molecule has 0 spiro atoms. The first kappa shape index (κ1) is 24.6. The lowest BCUT2D eigenvalue weighted by atomic mass is 10.1. The number of ether oxygens (including phenoxy) is 1. The van der Waals surface area contributed by atoms with Crippen molar-refractivity contribution in [2.75, 3.05) is 31.5 Å². The van der Waals surface area contributed by atoms with Gasteiger partial charge in [0.05, 0.1) is 0 Å². The van der Waals surface area contributed by atoms with E-state index in [9.17, 15) is 26.8 Å². The summed E-state index contributed by atoms with van der Waals surface area (Å²) >= 11 is 0. The van der Waals surface area contributed by atoms with Crippen LogP contribution in [0.2, 0.25) is 0 Å². The van der Waals surface area contributed by atoms with Gasteiger partial charge in [0.15, 0.2) is 0 Å². The summed E-state index contributed by atoms with van der Waals surface area (Å²) in [6, 6.07) is 8.60. The summed E-state index contributed by atoms with van der Waals surface area (Å²) in [5.41, 5.74) is 0.0153. The quantitative estimate of drug-likeness (QED) is 0.722. The Balaban J connectivity index is 1.65. The van der Waals surface area contributed by atoms with Gasteiger partial charge in [0.25, 0.3) is 5.91 Å². The molecule has 3 rings (SSSR count). The molecule has 1 saturated heterocycles. The van der Waals surface area contributed by atoms with E-state index in [1.54, 1.807) is 39.0 Å². The first-order chi connectivity index (χ1) is 15.4. The molecule has 1 N–H and O–H groups in total. The van der Waals surface area contributed by atoms with Crippen LogP contribution in [0.4, 0.5) is 19.3 Å². The molecule has 2 aromatic carbocycles. The zero-order valence-corrected chi connectivity index (χ0v) is 19.3. The van der Waals surface area contributed by atoms with Gasteiger partial charge in [-0.25, -0.2) is 22.0 Å². The van der Waals surface area contributed by atoms with Gasteiger partial charge in [0.1, 0.15) is 22.1 Å². The topological polar surface area (TPSA) is 96.0 Å². The van der Waals surface area contributed by atoms with Crippen LogP contribution in [0.5, 0.6) is 0 Å². The second-order valence-electron chi connectivity index (χ2n) is 8.48. The van der Waals surface area contributed by atoms with Crippen molar-refractivity contribution in [3.05, 3.63) is 59.7 Å². The molecule has 0 bridgehead atoms. The van der Waals surface area contributed by atoms with Crippen molar-refractivity contribution in [2.45, 2.75) is 31.3 Å². The number of sulfonamides is 1. The van der Waals surface area contributed by atoms with Crippen molar-refractivity contribution >= 4 is 27.7 Å². The molecule has 1 heterocycles. The van der Waals surface area contributed by atoms with Crippen molar-refractivity contribution in [1.82, 2.24) is 9.21 Å². The normalized spacial score (nSPS) is 15.2. The fourth-order valence-electron chi connectivity index (χ4n) is 3.29. The number of benzene rings is 2. The van der Waals surface area contributed by atoms with Gasteiger partial charge in [-0.3, -0.25) is 10.1 Å². The summed E-state index contributed by atoms with van der Waals surface area (Å²) in [5, 5.41) is 2.57. The lowest BCUT2D eigenvalue weighted by Gasteiger charge is -2.34. The zero-order valence-electron chi connectivity index (χ0n) is 18.5. The van der Waals surface area contributed by atoms with E-state index in [0.29, 0.717) is 17.3 Å². The van der Waals surface area contributed by atoms with Gasteiger partial charge in [-0.1, -0.05) is 6.07 Å². The predicted octanol–water partition coefficient (Wildman–Crippen LogP) is 3.46. The molecule has 33 heavy (non-hydrogen) atoms. The van der Waals surface area contributed by atoms with Gasteiger partial charge >= 0.3 is 6.09 Å². The van der Waals surface area contributed by atoms with E-state index in [4.69, 9.17) is 4.74 Å². The minimum atomic E-state index is -4.17. The van der Waals surface area contributed by atoms with Crippen molar-refractivity contribution < 1.29 is 31.5 Å². The molecule has 0 aromatic heterocycles. The number of carbonyl (C=O) groups excluding carboxylic acids is 2. The molecule has 2 amide bonds. The van der Waals surface area contributed by atoms with Crippen LogP contribution < -0.4 is 5.32 Å². The molecule has 1 aliphatic heterocycles. The maximum atomic E-state index is 14.0.